The first-order chi connectivity index (χ1) is 7.02. The van der Waals surface area contributed by atoms with E-state index in [4.69, 9.17) is 5.11 Å². The second kappa shape index (κ2) is 4.54. The van der Waals surface area contributed by atoms with Crippen molar-refractivity contribution in [3.63, 3.8) is 0 Å². The molecule has 0 radical (unpaired) electrons. The number of amides is 1. The van der Waals surface area contributed by atoms with Gasteiger partial charge in [0.15, 0.2) is 0 Å². The number of carboxylic acid groups (broad SMARTS) is 1. The van der Waals surface area contributed by atoms with Crippen molar-refractivity contribution in [2.75, 3.05) is 0 Å². The van der Waals surface area contributed by atoms with Gasteiger partial charge in [-0.05, 0) is 19.1 Å². The third-order valence-electron chi connectivity index (χ3n) is 1.84. The van der Waals surface area contributed by atoms with Gasteiger partial charge in [0, 0.05) is 0 Å². The molecule has 1 atom stereocenters. The van der Waals surface area contributed by atoms with Crippen LogP contribution in [0, 0.1) is 5.82 Å². The molecular formula is C10H10FNO3. The highest BCUT2D eigenvalue weighted by Gasteiger charge is 2.17. The topological polar surface area (TPSA) is 66.4 Å². The SMILES string of the molecule is C[C@H](NC(=O)c1ccccc1F)C(=O)O. The molecule has 0 fully saturated rings. The molecule has 0 saturated carbocycles. The fraction of sp³-hybridized carbons (Fsp3) is 0.200. The highest BCUT2D eigenvalue weighted by Crippen LogP contribution is 2.06. The van der Waals surface area contributed by atoms with Gasteiger partial charge in [0.25, 0.3) is 5.91 Å². The van der Waals surface area contributed by atoms with Crippen molar-refractivity contribution in [3.8, 4) is 0 Å². The molecule has 1 amide bonds. The van der Waals surface area contributed by atoms with Crippen molar-refractivity contribution >= 4 is 11.9 Å². The molecule has 15 heavy (non-hydrogen) atoms. The number of hydrogen-bond donors (Lipinski definition) is 2. The van der Waals surface area contributed by atoms with Crippen LogP contribution in [0.15, 0.2) is 24.3 Å². The maximum atomic E-state index is 13.1. The fourth-order valence-electron chi connectivity index (χ4n) is 0.981. The minimum absolute atomic E-state index is 0.161. The van der Waals surface area contributed by atoms with Crippen LogP contribution in [0.3, 0.4) is 0 Å². The molecule has 4 nitrogen and oxygen atoms in total. The van der Waals surface area contributed by atoms with E-state index in [2.05, 4.69) is 5.32 Å². The van der Waals surface area contributed by atoms with E-state index >= 15 is 0 Å². The number of carbonyl (C=O) groups is 2. The van der Waals surface area contributed by atoms with Crippen LogP contribution < -0.4 is 5.32 Å². The van der Waals surface area contributed by atoms with Crippen LogP contribution in [0.5, 0.6) is 0 Å². The fourth-order valence-corrected chi connectivity index (χ4v) is 0.981. The maximum absolute atomic E-state index is 13.1. The Morgan fingerprint density at radius 1 is 1.40 bits per heavy atom. The molecule has 0 unspecified atom stereocenters. The van der Waals surface area contributed by atoms with E-state index in [0.717, 1.165) is 6.07 Å². The van der Waals surface area contributed by atoms with Crippen molar-refractivity contribution in [2.24, 2.45) is 0 Å². The largest absolute Gasteiger partial charge is 0.480 e. The maximum Gasteiger partial charge on any atom is 0.325 e. The van der Waals surface area contributed by atoms with E-state index in [1.54, 1.807) is 0 Å². The minimum atomic E-state index is -1.17. The number of hydrogen-bond acceptors (Lipinski definition) is 2. The zero-order valence-corrected chi connectivity index (χ0v) is 8.03. The molecule has 2 N–H and O–H groups in total. The molecule has 1 aromatic carbocycles. The van der Waals surface area contributed by atoms with E-state index in [-0.39, 0.29) is 5.56 Å². The zero-order valence-electron chi connectivity index (χ0n) is 8.03. The zero-order chi connectivity index (χ0) is 11.4. The van der Waals surface area contributed by atoms with Crippen LogP contribution in [-0.2, 0) is 4.79 Å². The quantitative estimate of drug-likeness (QED) is 0.784. The van der Waals surface area contributed by atoms with Crippen LogP contribution in [0.4, 0.5) is 4.39 Å². The summed E-state index contributed by atoms with van der Waals surface area (Å²) in [6.07, 6.45) is 0. The van der Waals surface area contributed by atoms with Crippen LogP contribution in [0.2, 0.25) is 0 Å². The third kappa shape index (κ3) is 2.77. The number of carboxylic acids is 1. The Kier molecular flexibility index (Phi) is 3.38. The van der Waals surface area contributed by atoms with Gasteiger partial charge in [-0.15, -0.1) is 0 Å². The van der Waals surface area contributed by atoms with Crippen LogP contribution in [0.1, 0.15) is 17.3 Å². The number of halogens is 1. The summed E-state index contributed by atoms with van der Waals surface area (Å²) in [5, 5.41) is 10.7. The first kappa shape index (κ1) is 11.2. The smallest absolute Gasteiger partial charge is 0.325 e. The highest BCUT2D eigenvalue weighted by atomic mass is 19.1. The summed E-state index contributed by atoms with van der Waals surface area (Å²) in [7, 11) is 0. The van der Waals surface area contributed by atoms with Crippen molar-refractivity contribution in [3.05, 3.63) is 35.6 Å². The van der Waals surface area contributed by atoms with E-state index in [1.165, 1.54) is 25.1 Å². The standard InChI is InChI=1S/C10H10FNO3/c1-6(10(14)15)12-9(13)7-4-2-3-5-8(7)11/h2-6H,1H3,(H,12,13)(H,14,15)/t6-/m0/s1. The monoisotopic (exact) mass is 211 g/mol. The minimum Gasteiger partial charge on any atom is -0.480 e. The van der Waals surface area contributed by atoms with Gasteiger partial charge < -0.3 is 10.4 Å². The normalized spacial score (nSPS) is 11.9. The summed E-state index contributed by atoms with van der Waals surface area (Å²) in [4.78, 5) is 21.8. The molecule has 0 aliphatic rings. The lowest BCUT2D eigenvalue weighted by atomic mass is 10.2. The molecule has 0 aromatic heterocycles. The van der Waals surface area contributed by atoms with Crippen molar-refractivity contribution < 1.29 is 19.1 Å². The molecule has 5 heteroatoms. The Balaban J connectivity index is 2.78. The van der Waals surface area contributed by atoms with E-state index in [0.29, 0.717) is 0 Å². The van der Waals surface area contributed by atoms with Gasteiger partial charge in [-0.1, -0.05) is 12.1 Å². The summed E-state index contributed by atoms with van der Waals surface area (Å²) in [6.45, 7) is 1.31. The van der Waals surface area contributed by atoms with Gasteiger partial charge in [0.1, 0.15) is 11.9 Å². The Hall–Kier alpha value is -1.91. The number of nitrogens with one attached hydrogen (secondary N) is 1. The second-order valence-corrected chi connectivity index (χ2v) is 3.01. The number of benzene rings is 1. The molecule has 0 bridgehead atoms. The third-order valence-corrected chi connectivity index (χ3v) is 1.84. The average Bonchev–Trinajstić information content (AvgIpc) is 2.18. The lowest BCUT2D eigenvalue weighted by molar-refractivity contribution is -0.138. The second-order valence-electron chi connectivity index (χ2n) is 3.01. The predicted molar refractivity (Wildman–Crippen MR) is 51.0 cm³/mol. The summed E-state index contributed by atoms with van der Waals surface area (Å²) >= 11 is 0. The highest BCUT2D eigenvalue weighted by molar-refractivity contribution is 5.96. The van der Waals surface area contributed by atoms with E-state index in [9.17, 15) is 14.0 Å². The predicted octanol–water partition coefficient (Wildman–Crippen LogP) is 1.03. The van der Waals surface area contributed by atoms with E-state index in [1.807, 2.05) is 0 Å². The Labute approximate surface area is 85.7 Å². The molecule has 0 aliphatic heterocycles. The molecule has 0 heterocycles. The van der Waals surface area contributed by atoms with Gasteiger partial charge in [-0.2, -0.15) is 0 Å². The van der Waals surface area contributed by atoms with Gasteiger partial charge >= 0.3 is 5.97 Å². The summed E-state index contributed by atoms with van der Waals surface area (Å²) in [6, 6.07) is 4.34. The van der Waals surface area contributed by atoms with Gasteiger partial charge in [-0.3, -0.25) is 9.59 Å². The summed E-state index contributed by atoms with van der Waals surface area (Å²) in [5.74, 6) is -2.57. The van der Waals surface area contributed by atoms with Crippen molar-refractivity contribution in [1.29, 1.82) is 0 Å². The van der Waals surface area contributed by atoms with E-state index < -0.39 is 23.7 Å². The molecule has 1 rings (SSSR count). The molecular weight excluding hydrogens is 201 g/mol. The molecule has 0 saturated heterocycles. The molecule has 0 spiro atoms. The first-order valence-corrected chi connectivity index (χ1v) is 4.30. The Bertz CT molecular complexity index is 392. The first-order valence-electron chi connectivity index (χ1n) is 4.30. The summed E-state index contributed by atoms with van der Waals surface area (Å²) in [5.41, 5.74) is -0.161. The number of aliphatic carboxylic acids is 1. The average molecular weight is 211 g/mol. The van der Waals surface area contributed by atoms with Crippen LogP contribution in [0.25, 0.3) is 0 Å². The lowest BCUT2D eigenvalue weighted by Gasteiger charge is -2.09. The van der Waals surface area contributed by atoms with Crippen LogP contribution >= 0.6 is 0 Å². The lowest BCUT2D eigenvalue weighted by Crippen LogP contribution is -2.38. The van der Waals surface area contributed by atoms with Crippen molar-refractivity contribution in [1.82, 2.24) is 5.32 Å². The Morgan fingerprint density at radius 2 is 2.00 bits per heavy atom. The van der Waals surface area contributed by atoms with Gasteiger partial charge in [-0.25, -0.2) is 4.39 Å². The van der Waals surface area contributed by atoms with Crippen molar-refractivity contribution in [2.45, 2.75) is 13.0 Å². The van der Waals surface area contributed by atoms with Gasteiger partial charge in [0.05, 0.1) is 5.56 Å². The Morgan fingerprint density at radius 3 is 2.53 bits per heavy atom. The molecule has 0 aliphatic carbocycles. The number of carbonyl (C=O) groups excluding carboxylic acids is 1. The molecule has 80 valence electrons. The number of rotatable bonds is 3. The summed E-state index contributed by atoms with van der Waals surface area (Å²) < 4.78 is 13.1. The molecule has 1 aromatic rings. The van der Waals surface area contributed by atoms with Gasteiger partial charge in [0.2, 0.25) is 0 Å². The van der Waals surface area contributed by atoms with Crippen LogP contribution in [-0.4, -0.2) is 23.0 Å².